The summed E-state index contributed by atoms with van der Waals surface area (Å²) in [6.45, 7) is 6.30. The van der Waals surface area contributed by atoms with Gasteiger partial charge in [-0.2, -0.15) is 0 Å². The van der Waals surface area contributed by atoms with Gasteiger partial charge in [0, 0.05) is 5.56 Å². The minimum Gasteiger partial charge on any atom is -0.508 e. The van der Waals surface area contributed by atoms with E-state index in [4.69, 9.17) is 0 Å². The number of thiazole rings is 1. The molecule has 2 nitrogen and oxygen atoms in total. The van der Waals surface area contributed by atoms with Crippen LogP contribution in [0, 0.1) is 0 Å². The van der Waals surface area contributed by atoms with E-state index in [-0.39, 0.29) is 5.41 Å². The highest BCUT2D eigenvalue weighted by Crippen LogP contribution is 2.36. The van der Waals surface area contributed by atoms with Gasteiger partial charge in [-0.15, -0.1) is 11.3 Å². The van der Waals surface area contributed by atoms with Crippen LogP contribution < -0.4 is 0 Å². The Hall–Kier alpha value is -1.87. The lowest BCUT2D eigenvalue weighted by molar-refractivity contribution is 0.447. The Kier molecular flexibility index (Phi) is 3.02. The van der Waals surface area contributed by atoms with Crippen molar-refractivity contribution in [3.05, 3.63) is 48.0 Å². The molecular formula is C17H17NOS. The van der Waals surface area contributed by atoms with Crippen LogP contribution in [0.4, 0.5) is 0 Å². The Labute approximate surface area is 122 Å². The molecule has 0 amide bonds. The van der Waals surface area contributed by atoms with Crippen molar-refractivity contribution in [1.29, 1.82) is 0 Å². The third kappa shape index (κ3) is 2.29. The zero-order chi connectivity index (χ0) is 14.3. The quantitative estimate of drug-likeness (QED) is 0.684. The van der Waals surface area contributed by atoms with Gasteiger partial charge in [-0.25, -0.2) is 4.98 Å². The molecule has 0 atom stereocenters. The number of aromatic nitrogens is 1. The van der Waals surface area contributed by atoms with Crippen LogP contribution in [0.2, 0.25) is 0 Å². The van der Waals surface area contributed by atoms with Gasteiger partial charge in [0.15, 0.2) is 0 Å². The SMILES string of the molecule is CC(C)(C)c1cc(-c2nc3ccccc3s2)ccc1O. The predicted octanol–water partition coefficient (Wildman–Crippen LogP) is 4.97. The second kappa shape index (κ2) is 4.60. The van der Waals surface area contributed by atoms with Crippen molar-refractivity contribution in [2.75, 3.05) is 0 Å². The van der Waals surface area contributed by atoms with E-state index in [1.165, 1.54) is 4.70 Å². The molecule has 0 aliphatic heterocycles. The number of rotatable bonds is 1. The first-order chi connectivity index (χ1) is 9.45. The van der Waals surface area contributed by atoms with Crippen LogP contribution in [0.5, 0.6) is 5.75 Å². The molecule has 20 heavy (non-hydrogen) atoms. The molecule has 102 valence electrons. The van der Waals surface area contributed by atoms with Gasteiger partial charge < -0.3 is 5.11 Å². The van der Waals surface area contributed by atoms with E-state index in [1.54, 1.807) is 17.4 Å². The number of fused-ring (bicyclic) bond motifs is 1. The van der Waals surface area contributed by atoms with Gasteiger partial charge in [0.05, 0.1) is 10.2 Å². The number of aromatic hydroxyl groups is 1. The smallest absolute Gasteiger partial charge is 0.124 e. The number of nitrogens with zero attached hydrogens (tertiary/aromatic N) is 1. The van der Waals surface area contributed by atoms with Crippen molar-refractivity contribution >= 4 is 21.6 Å². The van der Waals surface area contributed by atoms with Crippen LogP contribution in [-0.4, -0.2) is 10.1 Å². The van der Waals surface area contributed by atoms with Crippen LogP contribution in [0.3, 0.4) is 0 Å². The Morgan fingerprint density at radius 2 is 1.80 bits per heavy atom. The number of hydrogen-bond acceptors (Lipinski definition) is 3. The average Bonchev–Trinajstić information content (AvgIpc) is 2.81. The highest BCUT2D eigenvalue weighted by Gasteiger charge is 2.19. The molecule has 2 aromatic carbocycles. The van der Waals surface area contributed by atoms with Gasteiger partial charge in [-0.05, 0) is 41.3 Å². The molecule has 0 saturated carbocycles. The predicted molar refractivity (Wildman–Crippen MR) is 85.4 cm³/mol. The Bertz CT molecular complexity index is 735. The van der Waals surface area contributed by atoms with Crippen LogP contribution in [0.1, 0.15) is 26.3 Å². The second-order valence-corrected chi connectivity index (χ2v) is 7.00. The molecule has 0 aliphatic rings. The molecule has 3 heteroatoms. The van der Waals surface area contributed by atoms with Gasteiger partial charge in [0.2, 0.25) is 0 Å². The summed E-state index contributed by atoms with van der Waals surface area (Å²) in [6, 6.07) is 13.9. The van der Waals surface area contributed by atoms with E-state index in [0.717, 1.165) is 21.7 Å². The summed E-state index contributed by atoms with van der Waals surface area (Å²) in [4.78, 5) is 4.67. The largest absolute Gasteiger partial charge is 0.508 e. The van der Waals surface area contributed by atoms with Crippen molar-refractivity contribution < 1.29 is 5.11 Å². The van der Waals surface area contributed by atoms with E-state index >= 15 is 0 Å². The fourth-order valence-corrected chi connectivity index (χ4v) is 3.23. The van der Waals surface area contributed by atoms with Crippen LogP contribution in [0.15, 0.2) is 42.5 Å². The first kappa shape index (κ1) is 13.1. The summed E-state index contributed by atoms with van der Waals surface area (Å²) in [7, 11) is 0. The van der Waals surface area contributed by atoms with Crippen molar-refractivity contribution in [2.24, 2.45) is 0 Å². The molecule has 1 aromatic heterocycles. The Balaban J connectivity index is 2.14. The normalized spacial score (nSPS) is 11.9. The lowest BCUT2D eigenvalue weighted by Crippen LogP contribution is -2.11. The van der Waals surface area contributed by atoms with Crippen molar-refractivity contribution in [1.82, 2.24) is 4.98 Å². The number of hydrogen-bond donors (Lipinski definition) is 1. The maximum Gasteiger partial charge on any atom is 0.124 e. The van der Waals surface area contributed by atoms with Gasteiger partial charge in [0.25, 0.3) is 0 Å². The molecular weight excluding hydrogens is 266 g/mol. The standard InChI is InChI=1S/C17H17NOS/c1-17(2,3)12-10-11(8-9-14(12)19)16-18-13-6-4-5-7-15(13)20-16/h4-10,19H,1-3H3. The molecule has 0 bridgehead atoms. The minimum absolute atomic E-state index is 0.0865. The Morgan fingerprint density at radius 3 is 2.50 bits per heavy atom. The van der Waals surface area contributed by atoms with Gasteiger partial charge in [-0.1, -0.05) is 32.9 Å². The number of phenolic OH excluding ortho intramolecular Hbond substituents is 1. The van der Waals surface area contributed by atoms with E-state index in [0.29, 0.717) is 5.75 Å². The lowest BCUT2D eigenvalue weighted by Gasteiger charge is -2.20. The molecule has 0 aliphatic carbocycles. The molecule has 1 heterocycles. The van der Waals surface area contributed by atoms with Crippen molar-refractivity contribution in [3.8, 4) is 16.3 Å². The van der Waals surface area contributed by atoms with Gasteiger partial charge in [-0.3, -0.25) is 0 Å². The lowest BCUT2D eigenvalue weighted by atomic mass is 9.85. The highest BCUT2D eigenvalue weighted by molar-refractivity contribution is 7.21. The zero-order valence-electron chi connectivity index (χ0n) is 11.8. The summed E-state index contributed by atoms with van der Waals surface area (Å²) in [5.74, 6) is 0.349. The maximum atomic E-state index is 10.0. The van der Waals surface area contributed by atoms with Crippen LogP contribution >= 0.6 is 11.3 Å². The van der Waals surface area contributed by atoms with E-state index in [2.05, 4.69) is 31.8 Å². The van der Waals surface area contributed by atoms with Gasteiger partial charge in [0.1, 0.15) is 10.8 Å². The topological polar surface area (TPSA) is 33.1 Å². The molecule has 1 N–H and O–H groups in total. The van der Waals surface area contributed by atoms with Crippen molar-refractivity contribution in [3.63, 3.8) is 0 Å². The van der Waals surface area contributed by atoms with E-state index in [9.17, 15) is 5.11 Å². The summed E-state index contributed by atoms with van der Waals surface area (Å²) in [5, 5.41) is 11.0. The Morgan fingerprint density at radius 1 is 1.05 bits per heavy atom. The molecule has 0 unspecified atom stereocenters. The monoisotopic (exact) mass is 283 g/mol. The zero-order valence-corrected chi connectivity index (χ0v) is 12.7. The van der Waals surface area contributed by atoms with Crippen LogP contribution in [-0.2, 0) is 5.41 Å². The third-order valence-corrected chi connectivity index (χ3v) is 4.43. The molecule has 0 saturated heterocycles. The molecule has 3 rings (SSSR count). The number of phenols is 1. The average molecular weight is 283 g/mol. The van der Waals surface area contributed by atoms with Crippen molar-refractivity contribution in [2.45, 2.75) is 26.2 Å². The highest BCUT2D eigenvalue weighted by atomic mass is 32.1. The minimum atomic E-state index is -0.0865. The van der Waals surface area contributed by atoms with E-state index in [1.807, 2.05) is 30.3 Å². The van der Waals surface area contributed by atoms with Crippen LogP contribution in [0.25, 0.3) is 20.8 Å². The first-order valence-corrected chi connectivity index (χ1v) is 7.46. The summed E-state index contributed by atoms with van der Waals surface area (Å²) < 4.78 is 1.19. The molecule has 3 aromatic rings. The molecule has 0 radical (unpaired) electrons. The third-order valence-electron chi connectivity index (χ3n) is 3.35. The molecule has 0 spiro atoms. The summed E-state index contributed by atoms with van der Waals surface area (Å²) in [6.07, 6.45) is 0. The second-order valence-electron chi connectivity index (χ2n) is 5.97. The summed E-state index contributed by atoms with van der Waals surface area (Å²) >= 11 is 1.68. The van der Waals surface area contributed by atoms with E-state index < -0.39 is 0 Å². The number of para-hydroxylation sites is 1. The maximum absolute atomic E-state index is 10.0. The first-order valence-electron chi connectivity index (χ1n) is 6.64. The summed E-state index contributed by atoms with van der Waals surface area (Å²) in [5.41, 5.74) is 2.96. The van der Waals surface area contributed by atoms with Gasteiger partial charge >= 0.3 is 0 Å². The molecule has 0 fully saturated rings. The fourth-order valence-electron chi connectivity index (χ4n) is 2.27. The fraction of sp³-hybridized carbons (Fsp3) is 0.235. The number of benzene rings is 2.